The molecule has 1 unspecified atom stereocenters. The fourth-order valence-electron chi connectivity index (χ4n) is 0.692. The molecule has 5 N–H and O–H groups in total. The van der Waals surface area contributed by atoms with Gasteiger partial charge < -0.3 is 26.0 Å². The number of ether oxygens (including phenoxy) is 2. The maximum absolute atomic E-state index is 11.0. The third-order valence-electron chi connectivity index (χ3n) is 1.57. The number of esters is 2. The minimum Gasteiger partial charge on any atom is -0.468 e. The molecule has 0 bridgehead atoms. The molecule has 0 amide bonds. The van der Waals surface area contributed by atoms with Crippen LogP contribution in [-0.2, 0) is 19.1 Å². The number of methoxy groups -OCH3 is 1. The van der Waals surface area contributed by atoms with Crippen molar-refractivity contribution in [3.63, 3.8) is 0 Å². The van der Waals surface area contributed by atoms with Crippen LogP contribution in [0.25, 0.3) is 0 Å². The molecule has 0 spiro atoms. The molecule has 0 aliphatic carbocycles. The Morgan fingerprint density at radius 2 is 1.56 bits per heavy atom. The van der Waals surface area contributed by atoms with Crippen molar-refractivity contribution in [2.45, 2.75) is 12.1 Å². The molecule has 0 heterocycles. The molecule has 0 fully saturated rings. The van der Waals surface area contributed by atoms with E-state index in [-0.39, 0.29) is 11.5 Å². The molecule has 10 heteroatoms. The molecule has 0 aromatic rings. The maximum atomic E-state index is 11.0. The summed E-state index contributed by atoms with van der Waals surface area (Å²) in [5, 5.41) is 8.19. The van der Waals surface area contributed by atoms with Gasteiger partial charge in [-0.05, 0) is 0 Å². The molecule has 104 valence electrons. The quantitative estimate of drug-likeness (QED) is 0.242. The van der Waals surface area contributed by atoms with Crippen LogP contribution in [0.15, 0.2) is 0 Å². The van der Waals surface area contributed by atoms with E-state index in [1.165, 1.54) is 28.7 Å². The molecule has 0 saturated heterocycles. The highest BCUT2D eigenvalue weighted by Gasteiger charge is 2.19. The first kappa shape index (κ1) is 17.0. The molecular formula is C8H14N2O6S2. The van der Waals surface area contributed by atoms with Crippen LogP contribution in [0.3, 0.4) is 0 Å². The third kappa shape index (κ3) is 7.37. The molecular weight excluding hydrogens is 284 g/mol. The van der Waals surface area contributed by atoms with Crippen LogP contribution in [0.5, 0.6) is 0 Å². The number of hydrogen-bond acceptors (Lipinski definition) is 9. The molecule has 0 aromatic carbocycles. The number of rotatable bonds is 7. The summed E-state index contributed by atoms with van der Waals surface area (Å²) in [6, 6.07) is -1.80. The summed E-state index contributed by atoms with van der Waals surface area (Å²) < 4.78 is 8.30. The Balaban J connectivity index is 3.75. The average molecular weight is 298 g/mol. The van der Waals surface area contributed by atoms with Crippen LogP contribution in [0.2, 0.25) is 0 Å². The van der Waals surface area contributed by atoms with Gasteiger partial charge in [-0.2, -0.15) is 0 Å². The number of nitrogens with two attached hydrogens (primary N) is 2. The monoisotopic (exact) mass is 298 g/mol. The smallest absolute Gasteiger partial charge is 0.468 e. The van der Waals surface area contributed by atoms with E-state index >= 15 is 0 Å². The van der Waals surface area contributed by atoms with E-state index in [1.807, 2.05) is 0 Å². The first-order chi connectivity index (χ1) is 8.38. The predicted molar refractivity (Wildman–Crippen MR) is 67.0 cm³/mol. The predicted octanol–water partition coefficient (Wildman–Crippen LogP) is -0.583. The molecule has 0 aromatic heterocycles. The fraction of sp³-hybridized carbons (Fsp3) is 0.625. The average Bonchev–Trinajstić information content (AvgIpc) is 2.31. The van der Waals surface area contributed by atoms with Gasteiger partial charge in [-0.3, -0.25) is 4.79 Å². The Morgan fingerprint density at radius 3 is 1.94 bits per heavy atom. The maximum Gasteiger partial charge on any atom is 0.513 e. The largest absolute Gasteiger partial charge is 0.513 e. The van der Waals surface area contributed by atoms with Gasteiger partial charge in [0, 0.05) is 11.5 Å². The van der Waals surface area contributed by atoms with Gasteiger partial charge in [0.25, 0.3) is 0 Å². The lowest BCUT2D eigenvalue weighted by atomic mass is 10.4. The number of hydrogen-bond donors (Lipinski definition) is 3. The SMILES string of the molecule is COC(=O)[C@@H](N)CSSCC(N)C(=O)OC(=O)O. The van der Waals surface area contributed by atoms with Crippen LogP contribution >= 0.6 is 21.6 Å². The Morgan fingerprint density at radius 1 is 1.11 bits per heavy atom. The minimum atomic E-state index is -1.69. The molecule has 0 saturated carbocycles. The first-order valence-corrected chi connectivity index (χ1v) is 7.15. The highest BCUT2D eigenvalue weighted by Crippen LogP contribution is 2.22. The van der Waals surface area contributed by atoms with Crippen molar-refractivity contribution in [1.82, 2.24) is 0 Å². The van der Waals surface area contributed by atoms with Gasteiger partial charge in [0.15, 0.2) is 0 Å². The fourth-order valence-corrected chi connectivity index (χ4v) is 2.91. The van der Waals surface area contributed by atoms with Crippen LogP contribution < -0.4 is 11.5 Å². The summed E-state index contributed by atoms with van der Waals surface area (Å²) in [6.45, 7) is 0. The Kier molecular flexibility index (Phi) is 8.54. The standard InChI is InChI=1S/C8H14N2O6S2/c1-15-6(11)4(9)2-17-18-3-5(10)7(12)16-8(13)14/h4-5H,2-3,9-10H2,1H3,(H,13,14)/t4-,5?/m0/s1. The summed E-state index contributed by atoms with van der Waals surface area (Å²) in [5.74, 6) is -1.12. The summed E-state index contributed by atoms with van der Waals surface area (Å²) in [6.07, 6.45) is -1.69. The first-order valence-electron chi connectivity index (χ1n) is 4.66. The van der Waals surface area contributed by atoms with Crippen molar-refractivity contribution in [3.05, 3.63) is 0 Å². The van der Waals surface area contributed by atoms with Gasteiger partial charge in [0.05, 0.1) is 7.11 Å². The van der Waals surface area contributed by atoms with Gasteiger partial charge in [-0.25, -0.2) is 9.59 Å². The zero-order valence-corrected chi connectivity index (χ0v) is 11.2. The second kappa shape index (κ2) is 9.03. The highest BCUT2D eigenvalue weighted by molar-refractivity contribution is 8.76. The Labute approximate surface area is 111 Å². The normalized spacial score (nSPS) is 13.5. The summed E-state index contributed by atoms with van der Waals surface area (Å²) >= 11 is 0. The van der Waals surface area contributed by atoms with E-state index < -0.39 is 30.2 Å². The van der Waals surface area contributed by atoms with E-state index in [9.17, 15) is 14.4 Å². The van der Waals surface area contributed by atoms with E-state index in [0.29, 0.717) is 0 Å². The number of carbonyl (C=O) groups is 3. The van der Waals surface area contributed by atoms with Crippen molar-refractivity contribution in [2.24, 2.45) is 11.5 Å². The van der Waals surface area contributed by atoms with E-state index in [2.05, 4.69) is 9.47 Å². The van der Waals surface area contributed by atoms with Crippen molar-refractivity contribution in [1.29, 1.82) is 0 Å². The van der Waals surface area contributed by atoms with Crippen molar-refractivity contribution >= 4 is 39.7 Å². The van der Waals surface area contributed by atoms with Crippen molar-refractivity contribution in [3.8, 4) is 0 Å². The lowest BCUT2D eigenvalue weighted by molar-refractivity contribution is -0.142. The summed E-state index contributed by atoms with van der Waals surface area (Å²) in [5.41, 5.74) is 10.8. The van der Waals surface area contributed by atoms with E-state index in [4.69, 9.17) is 16.6 Å². The molecule has 0 rings (SSSR count). The second-order valence-electron chi connectivity index (χ2n) is 2.99. The molecule has 0 radical (unpaired) electrons. The van der Waals surface area contributed by atoms with Gasteiger partial charge in [-0.15, -0.1) is 0 Å². The topological polar surface area (TPSA) is 142 Å². The number of carboxylic acid groups (broad SMARTS) is 1. The summed E-state index contributed by atoms with van der Waals surface area (Å²) in [4.78, 5) is 32.0. The van der Waals surface area contributed by atoms with Gasteiger partial charge in [-0.1, -0.05) is 21.6 Å². The van der Waals surface area contributed by atoms with Gasteiger partial charge >= 0.3 is 18.1 Å². The Hall–Kier alpha value is -0.970. The van der Waals surface area contributed by atoms with Crippen molar-refractivity contribution in [2.75, 3.05) is 18.6 Å². The third-order valence-corrected chi connectivity index (χ3v) is 4.05. The molecule has 8 nitrogen and oxygen atoms in total. The van der Waals surface area contributed by atoms with Crippen LogP contribution in [0.4, 0.5) is 4.79 Å². The molecule has 2 atom stereocenters. The van der Waals surface area contributed by atoms with Crippen LogP contribution in [-0.4, -0.2) is 53.9 Å². The van der Waals surface area contributed by atoms with Crippen LogP contribution in [0, 0.1) is 0 Å². The van der Waals surface area contributed by atoms with E-state index in [1.54, 1.807) is 0 Å². The lowest BCUT2D eigenvalue weighted by Gasteiger charge is -2.10. The zero-order chi connectivity index (χ0) is 14.1. The van der Waals surface area contributed by atoms with E-state index in [0.717, 1.165) is 0 Å². The molecule has 0 aliphatic rings. The highest BCUT2D eigenvalue weighted by atomic mass is 33.1. The lowest BCUT2D eigenvalue weighted by Crippen LogP contribution is -2.36. The van der Waals surface area contributed by atoms with Gasteiger partial charge in [0.2, 0.25) is 0 Å². The number of carbonyl (C=O) groups excluding carboxylic acids is 2. The molecule has 18 heavy (non-hydrogen) atoms. The zero-order valence-electron chi connectivity index (χ0n) is 9.53. The van der Waals surface area contributed by atoms with Gasteiger partial charge in [0.1, 0.15) is 12.1 Å². The summed E-state index contributed by atoms with van der Waals surface area (Å²) in [7, 11) is 3.64. The second-order valence-corrected chi connectivity index (χ2v) is 5.54. The van der Waals surface area contributed by atoms with Crippen molar-refractivity contribution < 1.29 is 29.0 Å². The molecule has 0 aliphatic heterocycles. The Bertz CT molecular complexity index is 314. The van der Waals surface area contributed by atoms with Crippen LogP contribution in [0.1, 0.15) is 0 Å². The minimum absolute atomic E-state index is 0.144.